The Morgan fingerprint density at radius 2 is 1.76 bits per heavy atom. The smallest absolute Gasteiger partial charge is 0.337 e. The van der Waals surface area contributed by atoms with E-state index in [2.05, 4.69) is 0 Å². The molecule has 5 rings (SSSR count). The molecule has 0 fully saturated rings. The highest BCUT2D eigenvalue weighted by Crippen LogP contribution is 2.39. The van der Waals surface area contributed by atoms with Crippen molar-refractivity contribution in [2.24, 2.45) is 0 Å². The normalized spacial score (nSPS) is 15.0. The second kappa shape index (κ2) is 8.22. The molecule has 4 aromatic rings. The molecule has 0 unspecified atom stereocenters. The summed E-state index contributed by atoms with van der Waals surface area (Å²) >= 11 is 6.12. The van der Waals surface area contributed by atoms with Gasteiger partial charge in [0.2, 0.25) is 5.76 Å². The average Bonchev–Trinajstić information content (AvgIpc) is 3.11. The molecule has 0 aliphatic carbocycles. The molecular weight excluding hydrogens is 442 g/mol. The van der Waals surface area contributed by atoms with Crippen molar-refractivity contribution < 1.29 is 18.7 Å². The van der Waals surface area contributed by atoms with Crippen LogP contribution in [0.4, 0.5) is 0 Å². The molecule has 0 bridgehead atoms. The monoisotopic (exact) mass is 459 g/mol. The number of ether oxygens (including phenoxy) is 1. The number of carbonyl (C=O) groups is 2. The summed E-state index contributed by atoms with van der Waals surface area (Å²) in [4.78, 5) is 40.5. The van der Waals surface area contributed by atoms with Crippen molar-refractivity contribution in [3.05, 3.63) is 116 Å². The van der Waals surface area contributed by atoms with Crippen molar-refractivity contribution >= 4 is 34.4 Å². The molecule has 164 valence electrons. The fourth-order valence-corrected chi connectivity index (χ4v) is 4.37. The van der Waals surface area contributed by atoms with Gasteiger partial charge in [0.1, 0.15) is 5.58 Å². The van der Waals surface area contributed by atoms with Gasteiger partial charge in [-0.1, -0.05) is 54.1 Å². The minimum atomic E-state index is -0.681. The molecule has 1 aromatic heterocycles. The molecule has 1 aliphatic heterocycles. The number of benzene rings is 3. The van der Waals surface area contributed by atoms with Gasteiger partial charge in [-0.25, -0.2) is 4.79 Å². The van der Waals surface area contributed by atoms with Crippen LogP contribution in [0.1, 0.15) is 43.6 Å². The maximum absolute atomic E-state index is 13.5. The van der Waals surface area contributed by atoms with Gasteiger partial charge < -0.3 is 14.1 Å². The van der Waals surface area contributed by atoms with Gasteiger partial charge in [-0.3, -0.25) is 9.59 Å². The highest BCUT2D eigenvalue weighted by atomic mass is 35.5. The Morgan fingerprint density at radius 3 is 2.45 bits per heavy atom. The van der Waals surface area contributed by atoms with E-state index >= 15 is 0 Å². The van der Waals surface area contributed by atoms with Crippen molar-refractivity contribution in [2.75, 3.05) is 7.11 Å². The van der Waals surface area contributed by atoms with Crippen LogP contribution in [-0.4, -0.2) is 23.9 Å². The Bertz CT molecular complexity index is 1440. The van der Waals surface area contributed by atoms with Crippen LogP contribution in [0, 0.1) is 0 Å². The van der Waals surface area contributed by atoms with Gasteiger partial charge in [0.15, 0.2) is 5.43 Å². The van der Waals surface area contributed by atoms with Crippen LogP contribution in [0.2, 0.25) is 5.02 Å². The Labute approximate surface area is 194 Å². The Hall–Kier alpha value is -3.90. The van der Waals surface area contributed by atoms with Crippen LogP contribution in [-0.2, 0) is 11.3 Å². The first kappa shape index (κ1) is 21.0. The molecule has 0 saturated carbocycles. The molecule has 1 amide bonds. The summed E-state index contributed by atoms with van der Waals surface area (Å²) in [7, 11) is 1.31. The summed E-state index contributed by atoms with van der Waals surface area (Å²) in [5.41, 5.74) is 2.22. The number of halogens is 1. The van der Waals surface area contributed by atoms with Crippen LogP contribution in [0.15, 0.2) is 82.0 Å². The highest BCUT2D eigenvalue weighted by molar-refractivity contribution is 6.31. The number of fused-ring (bicyclic) bond motifs is 2. The fraction of sp³-hybridized carbons (Fsp3) is 0.115. The SMILES string of the molecule is COC(=O)c1ccc([C@H]2c3c(oc4ccc(Cl)cc4c3=O)C(=O)N2Cc2ccccc2)cc1. The predicted octanol–water partition coefficient (Wildman–Crippen LogP) is 4.98. The zero-order valence-electron chi connectivity index (χ0n) is 17.6. The minimum absolute atomic E-state index is 0.0211. The number of amides is 1. The highest BCUT2D eigenvalue weighted by Gasteiger charge is 2.42. The predicted molar refractivity (Wildman–Crippen MR) is 123 cm³/mol. The van der Waals surface area contributed by atoms with Gasteiger partial charge in [0.05, 0.1) is 29.7 Å². The Morgan fingerprint density at radius 1 is 1.03 bits per heavy atom. The van der Waals surface area contributed by atoms with Crippen molar-refractivity contribution in [2.45, 2.75) is 12.6 Å². The Kier molecular flexibility index (Phi) is 5.23. The van der Waals surface area contributed by atoms with E-state index in [9.17, 15) is 14.4 Å². The molecule has 3 aromatic carbocycles. The molecule has 0 saturated heterocycles. The van der Waals surface area contributed by atoms with Gasteiger partial charge in [0, 0.05) is 11.6 Å². The average molecular weight is 460 g/mol. The molecule has 0 spiro atoms. The molecule has 2 heterocycles. The molecule has 7 heteroatoms. The number of nitrogens with zero attached hydrogens (tertiary/aromatic N) is 1. The van der Waals surface area contributed by atoms with E-state index in [1.165, 1.54) is 7.11 Å². The van der Waals surface area contributed by atoms with Crippen molar-refractivity contribution in [1.82, 2.24) is 4.90 Å². The van der Waals surface area contributed by atoms with E-state index in [4.69, 9.17) is 20.8 Å². The largest absolute Gasteiger partial charge is 0.465 e. The molecule has 1 atom stereocenters. The summed E-state index contributed by atoms with van der Waals surface area (Å²) < 4.78 is 10.7. The van der Waals surface area contributed by atoms with E-state index in [0.29, 0.717) is 27.1 Å². The third-order valence-corrected chi connectivity index (χ3v) is 6.01. The number of esters is 1. The maximum Gasteiger partial charge on any atom is 0.337 e. The van der Waals surface area contributed by atoms with E-state index < -0.39 is 12.0 Å². The number of rotatable bonds is 4. The summed E-state index contributed by atoms with van der Waals surface area (Å²) in [6.45, 7) is 0.282. The van der Waals surface area contributed by atoms with Crippen molar-refractivity contribution in [3.8, 4) is 0 Å². The van der Waals surface area contributed by atoms with E-state index in [-0.39, 0.29) is 29.2 Å². The molecule has 33 heavy (non-hydrogen) atoms. The number of hydrogen-bond acceptors (Lipinski definition) is 5. The zero-order valence-corrected chi connectivity index (χ0v) is 18.3. The zero-order chi connectivity index (χ0) is 23.1. The lowest BCUT2D eigenvalue weighted by Gasteiger charge is -2.25. The lowest BCUT2D eigenvalue weighted by Crippen LogP contribution is -2.29. The maximum atomic E-state index is 13.5. The van der Waals surface area contributed by atoms with Crippen LogP contribution in [0.3, 0.4) is 0 Å². The van der Waals surface area contributed by atoms with Crippen molar-refractivity contribution in [1.29, 1.82) is 0 Å². The summed E-state index contributed by atoms with van der Waals surface area (Å²) in [5.74, 6) is -0.816. The number of carbonyl (C=O) groups excluding carboxylic acids is 2. The van der Waals surface area contributed by atoms with Gasteiger partial charge in [-0.05, 0) is 41.5 Å². The van der Waals surface area contributed by atoms with Gasteiger partial charge in [-0.15, -0.1) is 0 Å². The fourth-order valence-electron chi connectivity index (χ4n) is 4.20. The number of methoxy groups -OCH3 is 1. The van der Waals surface area contributed by atoms with E-state index in [1.807, 2.05) is 30.3 Å². The quantitative estimate of drug-likeness (QED) is 0.402. The van der Waals surface area contributed by atoms with Gasteiger partial charge in [-0.2, -0.15) is 0 Å². The van der Waals surface area contributed by atoms with Crippen LogP contribution >= 0.6 is 11.6 Å². The Balaban J connectivity index is 1.70. The lowest BCUT2D eigenvalue weighted by molar-refractivity contribution is 0.0599. The first-order valence-electron chi connectivity index (χ1n) is 10.3. The van der Waals surface area contributed by atoms with Crippen LogP contribution in [0.5, 0.6) is 0 Å². The second-order valence-corrected chi connectivity index (χ2v) is 8.19. The standard InChI is InChI=1S/C26H18ClNO5/c1-32-26(31)17-9-7-16(8-10-17)22-21-23(29)19-13-18(27)11-12-20(19)33-24(21)25(30)28(22)14-15-5-3-2-4-6-15/h2-13,22H,14H2,1H3/t22-/m0/s1. The molecule has 0 N–H and O–H groups in total. The lowest BCUT2D eigenvalue weighted by atomic mass is 9.97. The van der Waals surface area contributed by atoms with E-state index in [1.54, 1.807) is 47.4 Å². The van der Waals surface area contributed by atoms with Crippen LogP contribution < -0.4 is 5.43 Å². The molecule has 6 nitrogen and oxygen atoms in total. The third kappa shape index (κ3) is 3.58. The topological polar surface area (TPSA) is 76.8 Å². The third-order valence-electron chi connectivity index (χ3n) is 5.77. The molecule has 0 radical (unpaired) electrons. The van der Waals surface area contributed by atoms with Crippen LogP contribution in [0.25, 0.3) is 11.0 Å². The summed E-state index contributed by atoms with van der Waals surface area (Å²) in [6, 6.07) is 20.3. The molecular formula is C26H18ClNO5. The second-order valence-electron chi connectivity index (χ2n) is 7.75. The summed E-state index contributed by atoms with van der Waals surface area (Å²) in [5, 5.41) is 0.714. The number of hydrogen-bond donors (Lipinski definition) is 0. The van der Waals surface area contributed by atoms with Gasteiger partial charge in [0.25, 0.3) is 5.91 Å². The van der Waals surface area contributed by atoms with Gasteiger partial charge >= 0.3 is 5.97 Å². The first-order chi connectivity index (χ1) is 16.0. The minimum Gasteiger partial charge on any atom is -0.465 e. The van der Waals surface area contributed by atoms with E-state index in [0.717, 1.165) is 5.56 Å². The first-order valence-corrected chi connectivity index (χ1v) is 10.6. The molecule has 1 aliphatic rings. The summed E-state index contributed by atoms with van der Waals surface area (Å²) in [6.07, 6.45) is 0. The van der Waals surface area contributed by atoms with Crippen molar-refractivity contribution in [3.63, 3.8) is 0 Å².